The Morgan fingerprint density at radius 2 is 2.42 bits per heavy atom. The Kier molecular flexibility index (Phi) is 4.74. The summed E-state index contributed by atoms with van der Waals surface area (Å²) in [5.74, 6) is -0.0833. The molecule has 1 aromatic rings. The maximum Gasteiger partial charge on any atom is 0.270 e. The van der Waals surface area contributed by atoms with Gasteiger partial charge in [0.2, 0.25) is 0 Å². The Morgan fingerprint density at radius 1 is 1.58 bits per heavy atom. The number of rotatable bonds is 4. The third-order valence-electron chi connectivity index (χ3n) is 3.57. The molecule has 0 bridgehead atoms. The molecular weight excluding hydrogens is 240 g/mol. The molecule has 0 radical (unpaired) electrons. The molecule has 1 aliphatic rings. The molecule has 0 aromatic carbocycles. The van der Waals surface area contributed by atoms with Crippen LogP contribution in [0.25, 0.3) is 0 Å². The van der Waals surface area contributed by atoms with E-state index in [1.165, 1.54) is 0 Å². The van der Waals surface area contributed by atoms with E-state index in [4.69, 9.17) is 0 Å². The van der Waals surface area contributed by atoms with Gasteiger partial charge in [-0.3, -0.25) is 9.78 Å². The second-order valence-corrected chi connectivity index (χ2v) is 4.89. The summed E-state index contributed by atoms with van der Waals surface area (Å²) in [6.45, 7) is 5.27. The van der Waals surface area contributed by atoms with Crippen molar-refractivity contribution in [3.05, 3.63) is 24.0 Å². The zero-order chi connectivity index (χ0) is 13.7. The van der Waals surface area contributed by atoms with Crippen LogP contribution >= 0.6 is 0 Å². The normalized spacial score (nSPS) is 20.0. The second kappa shape index (κ2) is 6.52. The van der Waals surface area contributed by atoms with E-state index in [9.17, 15) is 4.79 Å². The lowest BCUT2D eigenvalue weighted by Gasteiger charge is -2.32. The first-order valence-electron chi connectivity index (χ1n) is 6.90. The minimum atomic E-state index is -0.0833. The fraction of sp³-hybridized carbons (Fsp3) is 0.571. The average Bonchev–Trinajstić information content (AvgIpc) is 2.47. The SMILES string of the molecule is CCN1CCCC(NC(=O)c2cc(NC)ccn2)C1. The molecule has 1 fully saturated rings. The summed E-state index contributed by atoms with van der Waals surface area (Å²) in [4.78, 5) is 18.6. The van der Waals surface area contributed by atoms with Gasteiger partial charge in [0, 0.05) is 31.5 Å². The maximum absolute atomic E-state index is 12.2. The van der Waals surface area contributed by atoms with Gasteiger partial charge in [0.1, 0.15) is 5.69 Å². The number of carbonyl (C=O) groups is 1. The number of likely N-dealkylation sites (tertiary alicyclic amines) is 1. The highest BCUT2D eigenvalue weighted by molar-refractivity contribution is 5.93. The van der Waals surface area contributed by atoms with E-state index in [-0.39, 0.29) is 11.9 Å². The molecule has 2 heterocycles. The monoisotopic (exact) mass is 262 g/mol. The quantitative estimate of drug-likeness (QED) is 0.859. The van der Waals surface area contributed by atoms with Crippen molar-refractivity contribution in [2.75, 3.05) is 32.0 Å². The third-order valence-corrected chi connectivity index (χ3v) is 3.57. The molecule has 0 saturated carbocycles. The van der Waals surface area contributed by atoms with Crippen molar-refractivity contribution in [3.63, 3.8) is 0 Å². The van der Waals surface area contributed by atoms with Gasteiger partial charge >= 0.3 is 0 Å². The van der Waals surface area contributed by atoms with Crippen molar-refractivity contribution in [2.45, 2.75) is 25.8 Å². The van der Waals surface area contributed by atoms with Crippen molar-refractivity contribution >= 4 is 11.6 Å². The molecule has 1 atom stereocenters. The summed E-state index contributed by atoms with van der Waals surface area (Å²) in [6.07, 6.45) is 3.84. The molecule has 0 spiro atoms. The standard InChI is InChI=1S/C14H22N4O/c1-3-18-8-4-5-12(10-18)17-14(19)13-9-11(15-2)6-7-16-13/h6-7,9,12H,3-5,8,10H2,1-2H3,(H,15,16)(H,17,19). The molecule has 1 unspecified atom stereocenters. The van der Waals surface area contributed by atoms with Crippen molar-refractivity contribution < 1.29 is 4.79 Å². The summed E-state index contributed by atoms with van der Waals surface area (Å²) in [7, 11) is 1.83. The Morgan fingerprint density at radius 3 is 3.16 bits per heavy atom. The number of piperidine rings is 1. The van der Waals surface area contributed by atoms with Gasteiger partial charge in [-0.15, -0.1) is 0 Å². The van der Waals surface area contributed by atoms with Crippen LogP contribution in [0.5, 0.6) is 0 Å². The Bertz CT molecular complexity index is 435. The van der Waals surface area contributed by atoms with Gasteiger partial charge in [0.25, 0.3) is 5.91 Å². The van der Waals surface area contributed by atoms with Gasteiger partial charge < -0.3 is 15.5 Å². The first-order chi connectivity index (χ1) is 9.22. The Balaban J connectivity index is 1.96. The lowest BCUT2D eigenvalue weighted by Crippen LogP contribution is -2.47. The number of anilines is 1. The van der Waals surface area contributed by atoms with E-state index < -0.39 is 0 Å². The zero-order valence-electron chi connectivity index (χ0n) is 11.6. The van der Waals surface area contributed by atoms with E-state index in [0.29, 0.717) is 5.69 Å². The van der Waals surface area contributed by atoms with Gasteiger partial charge in [0.05, 0.1) is 0 Å². The molecule has 2 rings (SSSR count). The number of aromatic nitrogens is 1. The van der Waals surface area contributed by atoms with Crippen LogP contribution in [0.4, 0.5) is 5.69 Å². The molecule has 5 nitrogen and oxygen atoms in total. The fourth-order valence-corrected chi connectivity index (χ4v) is 2.43. The highest BCUT2D eigenvalue weighted by Gasteiger charge is 2.21. The number of nitrogens with one attached hydrogen (secondary N) is 2. The van der Waals surface area contributed by atoms with Crippen LogP contribution in [-0.2, 0) is 0 Å². The lowest BCUT2D eigenvalue weighted by atomic mass is 10.1. The van der Waals surface area contributed by atoms with Gasteiger partial charge in [-0.25, -0.2) is 0 Å². The molecular formula is C14H22N4O. The molecule has 5 heteroatoms. The molecule has 19 heavy (non-hydrogen) atoms. The van der Waals surface area contributed by atoms with Crippen LogP contribution < -0.4 is 10.6 Å². The predicted molar refractivity (Wildman–Crippen MR) is 76.4 cm³/mol. The zero-order valence-corrected chi connectivity index (χ0v) is 11.6. The summed E-state index contributed by atoms with van der Waals surface area (Å²) < 4.78 is 0. The maximum atomic E-state index is 12.2. The van der Waals surface area contributed by atoms with Crippen molar-refractivity contribution in [1.82, 2.24) is 15.2 Å². The Hall–Kier alpha value is -1.62. The van der Waals surface area contributed by atoms with E-state index in [1.807, 2.05) is 13.1 Å². The summed E-state index contributed by atoms with van der Waals surface area (Å²) in [5, 5.41) is 6.09. The number of likely N-dealkylation sites (N-methyl/N-ethyl adjacent to an activating group) is 1. The highest BCUT2D eigenvalue weighted by atomic mass is 16.1. The minimum Gasteiger partial charge on any atom is -0.388 e. The summed E-state index contributed by atoms with van der Waals surface area (Å²) in [6, 6.07) is 3.85. The first-order valence-corrected chi connectivity index (χ1v) is 6.90. The first kappa shape index (κ1) is 13.8. The number of nitrogens with zero attached hydrogens (tertiary/aromatic N) is 2. The molecule has 1 saturated heterocycles. The molecule has 104 valence electrons. The fourth-order valence-electron chi connectivity index (χ4n) is 2.43. The van der Waals surface area contributed by atoms with Crippen LogP contribution in [0.15, 0.2) is 18.3 Å². The summed E-state index contributed by atoms with van der Waals surface area (Å²) >= 11 is 0. The van der Waals surface area contributed by atoms with Crippen molar-refractivity contribution in [3.8, 4) is 0 Å². The molecule has 1 amide bonds. The molecule has 1 aromatic heterocycles. The topological polar surface area (TPSA) is 57.3 Å². The Labute approximate surface area is 114 Å². The number of hydrogen-bond donors (Lipinski definition) is 2. The van der Waals surface area contributed by atoms with E-state index >= 15 is 0 Å². The lowest BCUT2D eigenvalue weighted by molar-refractivity contribution is 0.0901. The highest BCUT2D eigenvalue weighted by Crippen LogP contribution is 2.11. The smallest absolute Gasteiger partial charge is 0.270 e. The molecule has 1 aliphatic heterocycles. The number of carbonyl (C=O) groups excluding carboxylic acids is 1. The van der Waals surface area contributed by atoms with E-state index in [2.05, 4.69) is 27.4 Å². The average molecular weight is 262 g/mol. The number of pyridine rings is 1. The van der Waals surface area contributed by atoms with Crippen LogP contribution in [0.1, 0.15) is 30.3 Å². The van der Waals surface area contributed by atoms with Gasteiger partial charge in [-0.2, -0.15) is 0 Å². The second-order valence-electron chi connectivity index (χ2n) is 4.89. The molecule has 0 aliphatic carbocycles. The van der Waals surface area contributed by atoms with Crippen molar-refractivity contribution in [1.29, 1.82) is 0 Å². The number of amides is 1. The predicted octanol–water partition coefficient (Wildman–Crippen LogP) is 1.34. The summed E-state index contributed by atoms with van der Waals surface area (Å²) in [5.41, 5.74) is 1.37. The van der Waals surface area contributed by atoms with E-state index in [1.54, 1.807) is 12.3 Å². The number of hydrogen-bond acceptors (Lipinski definition) is 4. The van der Waals surface area contributed by atoms with Gasteiger partial charge in [-0.05, 0) is 38.1 Å². The van der Waals surface area contributed by atoms with Gasteiger partial charge in [0.15, 0.2) is 0 Å². The van der Waals surface area contributed by atoms with Crippen molar-refractivity contribution in [2.24, 2.45) is 0 Å². The minimum absolute atomic E-state index is 0.0833. The van der Waals surface area contributed by atoms with Gasteiger partial charge in [-0.1, -0.05) is 6.92 Å². The largest absolute Gasteiger partial charge is 0.388 e. The van der Waals surface area contributed by atoms with Crippen LogP contribution in [-0.4, -0.2) is 48.5 Å². The van der Waals surface area contributed by atoms with Crippen LogP contribution in [0.3, 0.4) is 0 Å². The molecule has 2 N–H and O–H groups in total. The van der Waals surface area contributed by atoms with Crippen LogP contribution in [0.2, 0.25) is 0 Å². The van der Waals surface area contributed by atoms with E-state index in [0.717, 1.165) is 38.2 Å². The van der Waals surface area contributed by atoms with Crippen LogP contribution in [0, 0.1) is 0 Å². The third kappa shape index (κ3) is 3.67.